The van der Waals surface area contributed by atoms with Crippen molar-refractivity contribution >= 4 is 17.7 Å². The maximum absolute atomic E-state index is 11.8. The van der Waals surface area contributed by atoms with Crippen LogP contribution in [0.15, 0.2) is 0 Å². The predicted octanol–water partition coefficient (Wildman–Crippen LogP) is 3.21. The number of hydrogen-bond acceptors (Lipinski definition) is 2. The first-order chi connectivity index (χ1) is 7.38. The van der Waals surface area contributed by atoms with Crippen LogP contribution in [0.25, 0.3) is 0 Å². The van der Waals surface area contributed by atoms with Crippen LogP contribution in [0.2, 0.25) is 0 Å². The van der Waals surface area contributed by atoms with Gasteiger partial charge < -0.3 is 5.32 Å². The molecule has 0 bridgehead atoms. The van der Waals surface area contributed by atoms with Gasteiger partial charge in [0.25, 0.3) is 0 Å². The van der Waals surface area contributed by atoms with E-state index in [-0.39, 0.29) is 10.7 Å². The summed E-state index contributed by atoms with van der Waals surface area (Å²) in [6.07, 6.45) is 5.01. The molecule has 2 unspecified atom stereocenters. The van der Waals surface area contributed by atoms with Crippen LogP contribution in [0.5, 0.6) is 0 Å². The van der Waals surface area contributed by atoms with E-state index in [1.54, 1.807) is 11.8 Å². The number of amides is 1. The minimum Gasteiger partial charge on any atom is -0.352 e. The van der Waals surface area contributed by atoms with Crippen LogP contribution in [0.4, 0.5) is 0 Å². The molecule has 16 heavy (non-hydrogen) atoms. The number of nitrogens with one attached hydrogen (secondary N) is 1. The Morgan fingerprint density at radius 1 is 1.31 bits per heavy atom. The van der Waals surface area contributed by atoms with E-state index < -0.39 is 0 Å². The molecule has 0 saturated heterocycles. The van der Waals surface area contributed by atoms with Crippen molar-refractivity contribution in [2.75, 3.05) is 5.75 Å². The third kappa shape index (κ3) is 5.24. The second-order valence-electron chi connectivity index (χ2n) is 5.84. The molecule has 1 fully saturated rings. The highest BCUT2D eigenvalue weighted by Crippen LogP contribution is 2.25. The standard InChI is InChI=1S/C13H25NOS/c1-10-7-5-6-8-11(10)14-12(15)9-16-13(2,3)4/h10-11H,5-9H2,1-4H3,(H,14,15). The Bertz CT molecular complexity index is 235. The van der Waals surface area contributed by atoms with Crippen molar-refractivity contribution < 1.29 is 4.79 Å². The molecule has 0 spiro atoms. The third-order valence-electron chi connectivity index (χ3n) is 3.09. The molecule has 0 radical (unpaired) electrons. The molecule has 3 heteroatoms. The average molecular weight is 243 g/mol. The first-order valence-corrected chi connectivity index (χ1v) is 7.30. The quantitative estimate of drug-likeness (QED) is 0.824. The van der Waals surface area contributed by atoms with Crippen molar-refractivity contribution in [3.8, 4) is 0 Å². The predicted molar refractivity (Wildman–Crippen MR) is 71.8 cm³/mol. The topological polar surface area (TPSA) is 29.1 Å². The number of rotatable bonds is 3. The molecule has 1 aliphatic carbocycles. The summed E-state index contributed by atoms with van der Waals surface area (Å²) in [7, 11) is 0. The summed E-state index contributed by atoms with van der Waals surface area (Å²) in [5.74, 6) is 1.45. The Labute approximate surface area is 104 Å². The van der Waals surface area contributed by atoms with E-state index in [4.69, 9.17) is 0 Å². The molecule has 1 N–H and O–H groups in total. The van der Waals surface area contributed by atoms with Crippen LogP contribution in [0.3, 0.4) is 0 Å². The van der Waals surface area contributed by atoms with Gasteiger partial charge in [0.05, 0.1) is 5.75 Å². The minimum absolute atomic E-state index is 0.176. The molecule has 0 aliphatic heterocycles. The zero-order chi connectivity index (χ0) is 12.2. The molecular formula is C13H25NOS. The van der Waals surface area contributed by atoms with Crippen LogP contribution in [-0.4, -0.2) is 22.4 Å². The van der Waals surface area contributed by atoms with Crippen molar-refractivity contribution in [2.24, 2.45) is 5.92 Å². The fourth-order valence-corrected chi connectivity index (χ4v) is 2.71. The van der Waals surface area contributed by atoms with Crippen molar-refractivity contribution in [3.63, 3.8) is 0 Å². The van der Waals surface area contributed by atoms with Crippen molar-refractivity contribution in [1.82, 2.24) is 5.32 Å². The summed E-state index contributed by atoms with van der Waals surface area (Å²) in [5.41, 5.74) is 0. The number of thioether (sulfide) groups is 1. The lowest BCUT2D eigenvalue weighted by molar-refractivity contribution is -0.119. The molecule has 94 valence electrons. The average Bonchev–Trinajstić information content (AvgIpc) is 2.18. The second kappa shape index (κ2) is 5.95. The zero-order valence-electron chi connectivity index (χ0n) is 11.0. The zero-order valence-corrected chi connectivity index (χ0v) is 11.8. The van der Waals surface area contributed by atoms with E-state index in [0.717, 1.165) is 6.42 Å². The smallest absolute Gasteiger partial charge is 0.230 e. The van der Waals surface area contributed by atoms with Crippen LogP contribution in [0, 0.1) is 5.92 Å². The highest BCUT2D eigenvalue weighted by atomic mass is 32.2. The number of carbonyl (C=O) groups excluding carboxylic acids is 1. The lowest BCUT2D eigenvalue weighted by Gasteiger charge is -2.29. The van der Waals surface area contributed by atoms with Gasteiger partial charge in [0.15, 0.2) is 0 Å². The van der Waals surface area contributed by atoms with Crippen LogP contribution < -0.4 is 5.32 Å². The molecule has 1 saturated carbocycles. The normalized spacial score (nSPS) is 26.5. The highest BCUT2D eigenvalue weighted by Gasteiger charge is 2.23. The van der Waals surface area contributed by atoms with E-state index in [1.807, 2.05) is 0 Å². The fraction of sp³-hybridized carbons (Fsp3) is 0.923. The SMILES string of the molecule is CC1CCCCC1NC(=O)CSC(C)(C)C. The molecule has 0 aromatic rings. The maximum Gasteiger partial charge on any atom is 0.230 e. The summed E-state index contributed by atoms with van der Waals surface area (Å²) in [4.78, 5) is 11.8. The Morgan fingerprint density at radius 2 is 1.94 bits per heavy atom. The van der Waals surface area contributed by atoms with Gasteiger partial charge in [-0.15, -0.1) is 11.8 Å². The monoisotopic (exact) mass is 243 g/mol. The summed E-state index contributed by atoms with van der Waals surface area (Å²) < 4.78 is 0.176. The van der Waals surface area contributed by atoms with Gasteiger partial charge in [0.2, 0.25) is 5.91 Å². The van der Waals surface area contributed by atoms with Gasteiger partial charge in [0.1, 0.15) is 0 Å². The Hall–Kier alpha value is -0.180. The molecule has 2 nitrogen and oxygen atoms in total. The molecule has 1 aliphatic rings. The first-order valence-electron chi connectivity index (χ1n) is 6.32. The fourth-order valence-electron chi connectivity index (χ4n) is 2.06. The highest BCUT2D eigenvalue weighted by molar-refractivity contribution is 8.01. The van der Waals surface area contributed by atoms with E-state index in [9.17, 15) is 4.79 Å². The molecule has 0 aromatic carbocycles. The van der Waals surface area contributed by atoms with Gasteiger partial charge in [-0.3, -0.25) is 4.79 Å². The summed E-state index contributed by atoms with van der Waals surface area (Å²) >= 11 is 1.72. The van der Waals surface area contributed by atoms with E-state index in [0.29, 0.717) is 17.7 Å². The Balaban J connectivity index is 2.28. The van der Waals surface area contributed by atoms with Crippen molar-refractivity contribution in [2.45, 2.75) is 64.2 Å². The molecule has 2 atom stereocenters. The number of hydrogen-bond donors (Lipinski definition) is 1. The van der Waals surface area contributed by atoms with Gasteiger partial charge in [0, 0.05) is 10.8 Å². The molecule has 1 amide bonds. The Morgan fingerprint density at radius 3 is 2.50 bits per heavy atom. The summed E-state index contributed by atoms with van der Waals surface area (Å²) in [6, 6.07) is 0.418. The minimum atomic E-state index is 0.176. The molecular weight excluding hydrogens is 218 g/mol. The largest absolute Gasteiger partial charge is 0.352 e. The van der Waals surface area contributed by atoms with Gasteiger partial charge >= 0.3 is 0 Å². The van der Waals surface area contributed by atoms with Gasteiger partial charge in [-0.05, 0) is 18.8 Å². The maximum atomic E-state index is 11.8. The molecule has 1 rings (SSSR count). The van der Waals surface area contributed by atoms with Crippen LogP contribution in [-0.2, 0) is 4.79 Å². The second-order valence-corrected chi connectivity index (χ2v) is 7.64. The lowest BCUT2D eigenvalue weighted by atomic mass is 9.86. The molecule has 0 heterocycles. The summed E-state index contributed by atoms with van der Waals surface area (Å²) in [6.45, 7) is 8.69. The van der Waals surface area contributed by atoms with Gasteiger partial charge in [-0.2, -0.15) is 0 Å². The van der Waals surface area contributed by atoms with E-state index >= 15 is 0 Å². The summed E-state index contributed by atoms with van der Waals surface area (Å²) in [5, 5.41) is 3.18. The molecule has 0 aromatic heterocycles. The van der Waals surface area contributed by atoms with Crippen molar-refractivity contribution in [3.05, 3.63) is 0 Å². The van der Waals surface area contributed by atoms with Gasteiger partial charge in [-0.25, -0.2) is 0 Å². The Kier molecular flexibility index (Phi) is 5.16. The lowest BCUT2D eigenvalue weighted by Crippen LogP contribution is -2.42. The third-order valence-corrected chi connectivity index (χ3v) is 4.37. The van der Waals surface area contributed by atoms with E-state index in [2.05, 4.69) is 33.0 Å². The first kappa shape index (κ1) is 13.9. The van der Waals surface area contributed by atoms with E-state index in [1.165, 1.54) is 19.3 Å². The number of carbonyl (C=O) groups is 1. The van der Waals surface area contributed by atoms with Crippen LogP contribution >= 0.6 is 11.8 Å². The van der Waals surface area contributed by atoms with Crippen molar-refractivity contribution in [1.29, 1.82) is 0 Å². The van der Waals surface area contributed by atoms with Gasteiger partial charge in [-0.1, -0.05) is 40.5 Å². The van der Waals surface area contributed by atoms with Crippen LogP contribution in [0.1, 0.15) is 53.4 Å².